The Hall–Kier alpha value is -1.02. The molecule has 0 heterocycles. The summed E-state index contributed by atoms with van der Waals surface area (Å²) < 4.78 is 0. The second-order valence-corrected chi connectivity index (χ2v) is 3.48. The van der Waals surface area contributed by atoms with Gasteiger partial charge < -0.3 is 10.4 Å². The van der Waals surface area contributed by atoms with Crippen LogP contribution < -0.4 is 5.32 Å². The highest BCUT2D eigenvalue weighted by atomic mass is 16.2. The molecule has 0 rings (SSSR count). The summed E-state index contributed by atoms with van der Waals surface area (Å²) in [6.07, 6.45) is 10.7. The summed E-state index contributed by atoms with van der Waals surface area (Å²) in [4.78, 5) is 0. The fourth-order valence-corrected chi connectivity index (χ4v) is 1.37. The third kappa shape index (κ3) is 6.97. The van der Waals surface area contributed by atoms with Crippen LogP contribution in [0.2, 0.25) is 0 Å². The van der Waals surface area contributed by atoms with Gasteiger partial charge in [-0.3, -0.25) is 0 Å². The van der Waals surface area contributed by atoms with Crippen LogP contribution in [0.25, 0.3) is 0 Å². The minimum atomic E-state index is 0.0765. The smallest absolute Gasteiger partial charge is 0.0615 e. The number of hydrogen-bond donors (Lipinski definition) is 2. The van der Waals surface area contributed by atoms with Crippen LogP contribution >= 0.6 is 0 Å². The molecule has 0 saturated carbocycles. The van der Waals surface area contributed by atoms with Gasteiger partial charge in [-0.2, -0.15) is 0 Å². The van der Waals surface area contributed by atoms with E-state index in [4.69, 9.17) is 5.11 Å². The largest absolute Gasteiger partial charge is 0.392 e. The van der Waals surface area contributed by atoms with Crippen molar-refractivity contribution in [3.8, 4) is 0 Å². The zero-order valence-corrected chi connectivity index (χ0v) is 9.87. The number of aliphatic hydroxyl groups excluding tert-OH is 1. The summed E-state index contributed by atoms with van der Waals surface area (Å²) in [6.45, 7) is 8.20. The third-order valence-corrected chi connectivity index (χ3v) is 2.24. The van der Waals surface area contributed by atoms with Gasteiger partial charge in [-0.05, 0) is 25.0 Å². The first kappa shape index (κ1) is 14.0. The fraction of sp³-hybridized carbons (Fsp3) is 0.538. The van der Waals surface area contributed by atoms with Crippen LogP contribution in [0.5, 0.6) is 0 Å². The molecule has 0 fully saturated rings. The lowest BCUT2D eigenvalue weighted by molar-refractivity contribution is 0.343. The van der Waals surface area contributed by atoms with E-state index in [1.165, 1.54) is 12.8 Å². The summed E-state index contributed by atoms with van der Waals surface area (Å²) >= 11 is 0. The Labute approximate surface area is 93.4 Å². The van der Waals surface area contributed by atoms with Gasteiger partial charge in [0.25, 0.3) is 0 Å². The molecule has 0 aromatic rings. The Morgan fingerprint density at radius 2 is 2.20 bits per heavy atom. The van der Waals surface area contributed by atoms with Crippen molar-refractivity contribution in [1.82, 2.24) is 5.32 Å². The topological polar surface area (TPSA) is 32.3 Å². The van der Waals surface area contributed by atoms with E-state index >= 15 is 0 Å². The van der Waals surface area contributed by atoms with Crippen molar-refractivity contribution in [3.05, 3.63) is 36.6 Å². The van der Waals surface area contributed by atoms with E-state index in [0.717, 1.165) is 12.1 Å². The highest BCUT2D eigenvalue weighted by molar-refractivity contribution is 5.21. The molecule has 0 aliphatic heterocycles. The summed E-state index contributed by atoms with van der Waals surface area (Å²) in [5.41, 5.74) is 1.01. The molecule has 0 radical (unpaired) electrons. The Balaban J connectivity index is 4.22. The molecular formula is C13H23NO. The third-order valence-electron chi connectivity index (χ3n) is 2.24. The molecule has 0 aromatic heterocycles. The molecule has 0 aliphatic rings. The Morgan fingerprint density at radius 1 is 1.47 bits per heavy atom. The van der Waals surface area contributed by atoms with Crippen LogP contribution in [0, 0.1) is 0 Å². The second kappa shape index (κ2) is 9.53. The normalized spacial score (nSPS) is 14.2. The maximum atomic E-state index is 8.60. The van der Waals surface area contributed by atoms with Crippen LogP contribution in [-0.2, 0) is 0 Å². The molecule has 15 heavy (non-hydrogen) atoms. The lowest BCUT2D eigenvalue weighted by atomic mass is 10.1. The van der Waals surface area contributed by atoms with Crippen LogP contribution in [0.3, 0.4) is 0 Å². The maximum Gasteiger partial charge on any atom is 0.0615 e. The predicted molar refractivity (Wildman–Crippen MR) is 66.6 cm³/mol. The van der Waals surface area contributed by atoms with E-state index in [1.807, 2.05) is 12.2 Å². The van der Waals surface area contributed by atoms with Gasteiger partial charge in [0.1, 0.15) is 0 Å². The number of nitrogens with one attached hydrogen (secondary N) is 1. The Kier molecular flexibility index (Phi) is 8.88. The minimum absolute atomic E-state index is 0.0765. The van der Waals surface area contributed by atoms with Crippen LogP contribution in [0.15, 0.2) is 36.6 Å². The van der Waals surface area contributed by atoms with E-state index in [2.05, 4.69) is 25.7 Å². The van der Waals surface area contributed by atoms with E-state index < -0.39 is 0 Å². The average Bonchev–Trinajstić information content (AvgIpc) is 2.26. The van der Waals surface area contributed by atoms with E-state index in [9.17, 15) is 0 Å². The zero-order chi connectivity index (χ0) is 11.5. The second-order valence-electron chi connectivity index (χ2n) is 3.48. The quantitative estimate of drug-likeness (QED) is 0.602. The fourth-order valence-electron chi connectivity index (χ4n) is 1.37. The number of aliphatic hydroxyl groups is 1. The lowest BCUT2D eigenvalue weighted by Crippen LogP contribution is -2.26. The molecule has 2 nitrogen and oxygen atoms in total. The van der Waals surface area contributed by atoms with E-state index in [-0.39, 0.29) is 6.61 Å². The number of hydrogen-bond acceptors (Lipinski definition) is 2. The van der Waals surface area contributed by atoms with E-state index in [0.29, 0.717) is 6.04 Å². The summed E-state index contributed by atoms with van der Waals surface area (Å²) in [6, 6.07) is 0.516. The van der Waals surface area contributed by atoms with Gasteiger partial charge >= 0.3 is 0 Å². The van der Waals surface area contributed by atoms with Crippen LogP contribution in [0.4, 0.5) is 0 Å². The van der Waals surface area contributed by atoms with Gasteiger partial charge in [0, 0.05) is 11.7 Å². The predicted octanol–water partition coefficient (Wildman–Crippen LogP) is 2.77. The molecule has 0 bridgehead atoms. The number of rotatable bonds is 8. The molecule has 0 aromatic carbocycles. The van der Waals surface area contributed by atoms with Crippen molar-refractivity contribution in [2.75, 3.05) is 6.61 Å². The molecule has 2 N–H and O–H groups in total. The van der Waals surface area contributed by atoms with Crippen molar-refractivity contribution in [2.24, 2.45) is 0 Å². The molecule has 2 heteroatoms. The van der Waals surface area contributed by atoms with Gasteiger partial charge in [0.2, 0.25) is 0 Å². The van der Waals surface area contributed by atoms with Gasteiger partial charge in [0.15, 0.2) is 0 Å². The molecule has 0 spiro atoms. The molecule has 0 saturated heterocycles. The van der Waals surface area contributed by atoms with Crippen LogP contribution in [0.1, 0.15) is 33.1 Å². The van der Waals surface area contributed by atoms with E-state index in [1.54, 1.807) is 12.2 Å². The molecule has 1 unspecified atom stereocenters. The molecule has 0 aliphatic carbocycles. The first-order valence-electron chi connectivity index (χ1n) is 5.65. The SMILES string of the molecule is C=C/C(=C\C=C\CO)NC(CC)CCC. The monoisotopic (exact) mass is 209 g/mol. The van der Waals surface area contributed by atoms with Gasteiger partial charge in [-0.1, -0.05) is 39.0 Å². The lowest BCUT2D eigenvalue weighted by Gasteiger charge is -2.17. The standard InChI is InChI=1S/C13H23NO/c1-4-9-12(5-2)14-13(6-3)10-7-8-11-15/h6-8,10,12,14-15H,3-5,9,11H2,1-2H3/b8-7+,13-10+. The average molecular weight is 209 g/mol. The van der Waals surface area contributed by atoms with Gasteiger partial charge in [-0.25, -0.2) is 0 Å². The first-order valence-corrected chi connectivity index (χ1v) is 5.65. The Morgan fingerprint density at radius 3 is 2.67 bits per heavy atom. The minimum Gasteiger partial charge on any atom is -0.392 e. The number of allylic oxidation sites excluding steroid dienone is 3. The highest BCUT2D eigenvalue weighted by Crippen LogP contribution is 2.04. The summed E-state index contributed by atoms with van der Waals surface area (Å²) in [5.74, 6) is 0. The maximum absolute atomic E-state index is 8.60. The van der Waals surface area contributed by atoms with Crippen molar-refractivity contribution >= 4 is 0 Å². The first-order chi connectivity index (χ1) is 7.28. The highest BCUT2D eigenvalue weighted by Gasteiger charge is 2.03. The van der Waals surface area contributed by atoms with Crippen LogP contribution in [-0.4, -0.2) is 17.8 Å². The summed E-state index contributed by atoms with van der Waals surface area (Å²) in [7, 11) is 0. The van der Waals surface area contributed by atoms with Crippen molar-refractivity contribution < 1.29 is 5.11 Å². The van der Waals surface area contributed by atoms with Gasteiger partial charge in [0.05, 0.1) is 6.61 Å². The van der Waals surface area contributed by atoms with Crippen molar-refractivity contribution in [3.63, 3.8) is 0 Å². The molecule has 0 amide bonds. The molecule has 1 atom stereocenters. The molecular weight excluding hydrogens is 186 g/mol. The molecule has 86 valence electrons. The Bertz CT molecular complexity index is 219. The zero-order valence-electron chi connectivity index (χ0n) is 9.87. The summed E-state index contributed by atoms with van der Waals surface area (Å²) in [5, 5.41) is 12.0. The van der Waals surface area contributed by atoms with Gasteiger partial charge in [-0.15, -0.1) is 0 Å². The van der Waals surface area contributed by atoms with Crippen molar-refractivity contribution in [1.29, 1.82) is 0 Å². The van der Waals surface area contributed by atoms with Crippen molar-refractivity contribution in [2.45, 2.75) is 39.2 Å².